The van der Waals surface area contributed by atoms with E-state index in [4.69, 9.17) is 0 Å². The van der Waals surface area contributed by atoms with Gasteiger partial charge in [-0.15, -0.1) is 11.8 Å². The fourth-order valence-corrected chi connectivity index (χ4v) is 4.00. The van der Waals surface area contributed by atoms with Gasteiger partial charge in [0, 0.05) is 16.6 Å². The van der Waals surface area contributed by atoms with E-state index >= 15 is 0 Å². The highest BCUT2D eigenvalue weighted by atomic mass is 32.2. The fourth-order valence-electron chi connectivity index (χ4n) is 2.61. The van der Waals surface area contributed by atoms with Gasteiger partial charge in [0.2, 0.25) is 0 Å². The molecule has 0 aliphatic heterocycles. The predicted octanol–water partition coefficient (Wildman–Crippen LogP) is 5.65. The molecule has 0 radical (unpaired) electrons. The minimum atomic E-state index is 0.157. The highest BCUT2D eigenvalue weighted by Crippen LogP contribution is 2.40. The average Bonchev–Trinajstić information content (AvgIpc) is 2.55. The zero-order valence-electron chi connectivity index (χ0n) is 12.5. The monoisotopic (exact) mass is 306 g/mol. The molecule has 1 atom stereocenters. The molecule has 0 aliphatic carbocycles. The Hall–Kier alpha value is -2.06. The molecule has 0 saturated heterocycles. The number of ketones is 1. The van der Waals surface area contributed by atoms with Crippen molar-refractivity contribution in [2.24, 2.45) is 0 Å². The van der Waals surface area contributed by atoms with E-state index < -0.39 is 0 Å². The van der Waals surface area contributed by atoms with E-state index in [-0.39, 0.29) is 11.0 Å². The van der Waals surface area contributed by atoms with Gasteiger partial charge in [-0.05, 0) is 29.3 Å². The summed E-state index contributed by atoms with van der Waals surface area (Å²) in [5, 5.41) is 2.64. The smallest absolute Gasteiger partial charge is 0.131 e. The van der Waals surface area contributed by atoms with Crippen LogP contribution >= 0.6 is 11.8 Å². The molecule has 0 bridgehead atoms. The van der Waals surface area contributed by atoms with Gasteiger partial charge in [0.25, 0.3) is 0 Å². The van der Waals surface area contributed by atoms with Crippen LogP contribution in [0.25, 0.3) is 10.8 Å². The van der Waals surface area contributed by atoms with Gasteiger partial charge in [-0.25, -0.2) is 0 Å². The molecule has 2 heteroatoms. The van der Waals surface area contributed by atoms with Crippen molar-refractivity contribution in [2.45, 2.75) is 23.5 Å². The van der Waals surface area contributed by atoms with E-state index in [1.165, 1.54) is 21.2 Å². The zero-order chi connectivity index (χ0) is 15.4. The molecule has 0 heterocycles. The second-order valence-electron chi connectivity index (χ2n) is 5.40. The van der Waals surface area contributed by atoms with E-state index in [1.54, 1.807) is 18.7 Å². The molecular formula is C20H18OS. The molecule has 3 aromatic carbocycles. The molecule has 0 spiro atoms. The summed E-state index contributed by atoms with van der Waals surface area (Å²) >= 11 is 1.78. The molecule has 0 saturated carbocycles. The van der Waals surface area contributed by atoms with Gasteiger partial charge in [-0.2, -0.15) is 0 Å². The number of rotatable bonds is 5. The lowest BCUT2D eigenvalue weighted by Crippen LogP contribution is -2.01. The molecule has 22 heavy (non-hydrogen) atoms. The lowest BCUT2D eigenvalue weighted by atomic mass is 10.1. The molecule has 3 aromatic rings. The van der Waals surface area contributed by atoms with Crippen LogP contribution in [0.4, 0.5) is 0 Å². The summed E-state index contributed by atoms with van der Waals surface area (Å²) in [7, 11) is 0. The molecule has 0 N–H and O–H groups in total. The molecule has 0 fully saturated rings. The van der Waals surface area contributed by atoms with Crippen LogP contribution in [-0.4, -0.2) is 5.78 Å². The number of hydrogen-bond donors (Lipinski definition) is 0. The van der Waals surface area contributed by atoms with Crippen LogP contribution in [-0.2, 0) is 4.79 Å². The first kappa shape index (κ1) is 14.9. The number of thioether (sulfide) groups is 1. The Labute approximate surface area is 135 Å². The topological polar surface area (TPSA) is 17.1 Å². The largest absolute Gasteiger partial charge is 0.300 e. The maximum absolute atomic E-state index is 11.7. The lowest BCUT2D eigenvalue weighted by Gasteiger charge is -2.17. The number of carbonyl (C=O) groups is 1. The van der Waals surface area contributed by atoms with Crippen molar-refractivity contribution in [1.29, 1.82) is 0 Å². The quantitative estimate of drug-likeness (QED) is 0.566. The zero-order valence-corrected chi connectivity index (χ0v) is 13.3. The average molecular weight is 306 g/mol. The third-order valence-electron chi connectivity index (χ3n) is 3.66. The molecule has 0 aliphatic rings. The number of Topliss-reactive ketones (excluding diaryl/α,β-unsaturated/α-hetero) is 1. The van der Waals surface area contributed by atoms with Crippen molar-refractivity contribution in [2.75, 3.05) is 0 Å². The number of benzene rings is 3. The Morgan fingerprint density at radius 1 is 0.909 bits per heavy atom. The van der Waals surface area contributed by atoms with E-state index in [1.807, 2.05) is 18.2 Å². The normalized spacial score (nSPS) is 12.2. The molecule has 1 unspecified atom stereocenters. The van der Waals surface area contributed by atoms with Crippen LogP contribution in [0.5, 0.6) is 0 Å². The standard InChI is InChI=1S/C20H18OS/c1-15(21)14-20(17-9-3-2-4-10-17)22-19-13-7-11-16-8-5-6-12-18(16)19/h2-13,20H,14H2,1H3. The van der Waals surface area contributed by atoms with Gasteiger partial charge in [-0.1, -0.05) is 66.7 Å². The minimum Gasteiger partial charge on any atom is -0.300 e. The second-order valence-corrected chi connectivity index (χ2v) is 6.65. The minimum absolute atomic E-state index is 0.157. The molecule has 0 amide bonds. The third kappa shape index (κ3) is 3.40. The van der Waals surface area contributed by atoms with E-state index in [9.17, 15) is 4.79 Å². The highest BCUT2D eigenvalue weighted by molar-refractivity contribution is 7.99. The molecule has 0 aromatic heterocycles. The van der Waals surface area contributed by atoms with Gasteiger partial charge in [0.1, 0.15) is 5.78 Å². The second kappa shape index (κ2) is 6.80. The van der Waals surface area contributed by atoms with Gasteiger partial charge in [0.05, 0.1) is 0 Å². The maximum Gasteiger partial charge on any atom is 0.131 e. The van der Waals surface area contributed by atoms with Gasteiger partial charge in [-0.3, -0.25) is 4.79 Å². The first-order valence-corrected chi connectivity index (χ1v) is 8.31. The van der Waals surface area contributed by atoms with Crippen LogP contribution < -0.4 is 0 Å². The molecule has 110 valence electrons. The molecule has 3 rings (SSSR count). The number of carbonyl (C=O) groups excluding carboxylic acids is 1. The van der Waals surface area contributed by atoms with Crippen molar-refractivity contribution in [3.8, 4) is 0 Å². The summed E-state index contributed by atoms with van der Waals surface area (Å²) in [6.07, 6.45) is 0.553. The summed E-state index contributed by atoms with van der Waals surface area (Å²) in [5.74, 6) is 0.224. The summed E-state index contributed by atoms with van der Waals surface area (Å²) in [6.45, 7) is 1.67. The van der Waals surface area contributed by atoms with E-state index in [0.29, 0.717) is 6.42 Å². The van der Waals surface area contributed by atoms with Crippen LogP contribution in [0.2, 0.25) is 0 Å². The lowest BCUT2D eigenvalue weighted by molar-refractivity contribution is -0.117. The predicted molar refractivity (Wildman–Crippen MR) is 94.3 cm³/mol. The Bertz CT molecular complexity index is 775. The first-order chi connectivity index (χ1) is 10.7. The van der Waals surface area contributed by atoms with Crippen molar-refractivity contribution in [3.05, 3.63) is 78.4 Å². The van der Waals surface area contributed by atoms with E-state index in [0.717, 1.165) is 0 Å². The van der Waals surface area contributed by atoms with Crippen LogP contribution in [0.3, 0.4) is 0 Å². The van der Waals surface area contributed by atoms with Crippen LogP contribution in [0, 0.1) is 0 Å². The Kier molecular flexibility index (Phi) is 4.59. The Balaban J connectivity index is 1.97. The van der Waals surface area contributed by atoms with E-state index in [2.05, 4.69) is 54.6 Å². The summed E-state index contributed by atoms with van der Waals surface area (Å²) in [6, 6.07) is 25.0. The number of hydrogen-bond acceptors (Lipinski definition) is 2. The van der Waals surface area contributed by atoms with Crippen molar-refractivity contribution in [1.82, 2.24) is 0 Å². The summed E-state index contributed by atoms with van der Waals surface area (Å²) < 4.78 is 0. The Morgan fingerprint density at radius 3 is 2.36 bits per heavy atom. The summed E-state index contributed by atoms with van der Waals surface area (Å²) in [4.78, 5) is 12.9. The highest BCUT2D eigenvalue weighted by Gasteiger charge is 2.16. The van der Waals surface area contributed by atoms with Crippen LogP contribution in [0.1, 0.15) is 24.2 Å². The van der Waals surface area contributed by atoms with Crippen molar-refractivity contribution < 1.29 is 4.79 Å². The fraction of sp³-hybridized carbons (Fsp3) is 0.150. The van der Waals surface area contributed by atoms with Gasteiger partial charge in [0.15, 0.2) is 0 Å². The van der Waals surface area contributed by atoms with Gasteiger partial charge >= 0.3 is 0 Å². The Morgan fingerprint density at radius 2 is 1.59 bits per heavy atom. The first-order valence-electron chi connectivity index (χ1n) is 7.43. The van der Waals surface area contributed by atoms with Crippen LogP contribution in [0.15, 0.2) is 77.7 Å². The van der Waals surface area contributed by atoms with Crippen molar-refractivity contribution >= 4 is 28.3 Å². The SMILES string of the molecule is CC(=O)CC(Sc1cccc2ccccc12)c1ccccc1. The number of fused-ring (bicyclic) bond motifs is 1. The third-order valence-corrected chi connectivity index (χ3v) is 5.00. The molecule has 1 nitrogen and oxygen atoms in total. The van der Waals surface area contributed by atoms with Gasteiger partial charge < -0.3 is 0 Å². The summed E-state index contributed by atoms with van der Waals surface area (Å²) in [5.41, 5.74) is 1.20. The molecular weight excluding hydrogens is 288 g/mol. The van der Waals surface area contributed by atoms with Crippen molar-refractivity contribution in [3.63, 3.8) is 0 Å². The maximum atomic E-state index is 11.7.